The maximum atomic E-state index is 11.3. The van der Waals surface area contributed by atoms with E-state index in [0.29, 0.717) is 19.4 Å². The Hall–Kier alpha value is -1.26. The number of amides is 1. The molecule has 98 valence electrons. The maximum Gasteiger partial charge on any atom is 0.407 e. The van der Waals surface area contributed by atoms with Gasteiger partial charge in [0.1, 0.15) is 5.60 Å². The third-order valence-corrected chi connectivity index (χ3v) is 2.93. The van der Waals surface area contributed by atoms with Gasteiger partial charge in [-0.25, -0.2) is 4.79 Å². The van der Waals surface area contributed by atoms with E-state index in [2.05, 4.69) is 5.32 Å². The van der Waals surface area contributed by atoms with Gasteiger partial charge in [0.25, 0.3) is 0 Å². The molecule has 1 rings (SSSR count). The summed E-state index contributed by atoms with van der Waals surface area (Å²) in [6.45, 7) is 7.63. The van der Waals surface area contributed by atoms with Crippen LogP contribution in [0.5, 0.6) is 0 Å². The molecule has 0 bridgehead atoms. The molecule has 5 nitrogen and oxygen atoms in total. The number of hydrogen-bond donors (Lipinski definition) is 2. The summed E-state index contributed by atoms with van der Waals surface area (Å²) in [4.78, 5) is 22.2. The Morgan fingerprint density at radius 3 is 2.35 bits per heavy atom. The summed E-state index contributed by atoms with van der Waals surface area (Å²) < 4.78 is 5.09. The zero-order chi connectivity index (χ0) is 13.3. The predicted molar refractivity (Wildman–Crippen MR) is 62.7 cm³/mol. The molecule has 0 saturated heterocycles. The molecular formula is C12H21NO4. The highest BCUT2D eigenvalue weighted by molar-refractivity contribution is 5.75. The average Bonchev–Trinajstić information content (AvgIpc) is 2.07. The van der Waals surface area contributed by atoms with E-state index in [1.54, 1.807) is 27.7 Å². The molecule has 0 atom stereocenters. The van der Waals surface area contributed by atoms with Crippen molar-refractivity contribution in [2.45, 2.75) is 46.1 Å². The number of carboxylic acids is 1. The topological polar surface area (TPSA) is 75.6 Å². The summed E-state index contributed by atoms with van der Waals surface area (Å²) in [5, 5.41) is 11.6. The third kappa shape index (κ3) is 3.91. The average molecular weight is 243 g/mol. The molecule has 5 heteroatoms. The zero-order valence-corrected chi connectivity index (χ0v) is 10.9. The molecule has 1 aliphatic carbocycles. The van der Waals surface area contributed by atoms with Gasteiger partial charge in [0.2, 0.25) is 0 Å². The van der Waals surface area contributed by atoms with Gasteiger partial charge in [0, 0.05) is 6.54 Å². The highest BCUT2D eigenvalue weighted by Gasteiger charge is 2.46. The molecule has 1 fully saturated rings. The Kier molecular flexibility index (Phi) is 3.69. The van der Waals surface area contributed by atoms with E-state index < -0.39 is 23.1 Å². The molecule has 1 saturated carbocycles. The molecule has 0 aromatic rings. The molecule has 1 aliphatic rings. The van der Waals surface area contributed by atoms with Crippen LogP contribution in [0.2, 0.25) is 0 Å². The van der Waals surface area contributed by atoms with Gasteiger partial charge in [-0.2, -0.15) is 0 Å². The highest BCUT2D eigenvalue weighted by atomic mass is 16.6. The van der Waals surface area contributed by atoms with Crippen molar-refractivity contribution in [1.82, 2.24) is 5.32 Å². The summed E-state index contributed by atoms with van der Waals surface area (Å²) in [5.41, 5.74) is -1.11. The second-order valence-electron chi connectivity index (χ2n) is 6.02. The lowest BCUT2D eigenvalue weighted by molar-refractivity contribution is -0.156. The lowest BCUT2D eigenvalue weighted by atomic mass is 9.63. The fourth-order valence-corrected chi connectivity index (χ4v) is 2.08. The van der Waals surface area contributed by atoms with Crippen molar-refractivity contribution in [2.24, 2.45) is 11.3 Å². The minimum atomic E-state index is -0.758. The van der Waals surface area contributed by atoms with Crippen LogP contribution in [0.4, 0.5) is 4.79 Å². The number of ether oxygens (including phenoxy) is 1. The first-order chi connectivity index (χ1) is 7.62. The number of carboxylic acid groups (broad SMARTS) is 1. The normalized spacial score (nSPS) is 28.1. The van der Waals surface area contributed by atoms with Crippen LogP contribution >= 0.6 is 0 Å². The molecule has 0 aliphatic heterocycles. The summed E-state index contributed by atoms with van der Waals surface area (Å²) in [7, 11) is 0. The van der Waals surface area contributed by atoms with Crippen LogP contribution in [0.1, 0.15) is 40.5 Å². The summed E-state index contributed by atoms with van der Waals surface area (Å²) in [5.74, 6) is -0.519. The molecule has 0 radical (unpaired) electrons. The van der Waals surface area contributed by atoms with Crippen LogP contribution in [0.25, 0.3) is 0 Å². The first kappa shape index (κ1) is 13.8. The van der Waals surface area contributed by atoms with Crippen LogP contribution in [0.3, 0.4) is 0 Å². The highest BCUT2D eigenvalue weighted by Crippen LogP contribution is 2.45. The number of nitrogens with one attached hydrogen (secondary N) is 1. The Morgan fingerprint density at radius 2 is 1.94 bits per heavy atom. The first-order valence-electron chi connectivity index (χ1n) is 5.83. The van der Waals surface area contributed by atoms with E-state index in [9.17, 15) is 9.59 Å². The van der Waals surface area contributed by atoms with Gasteiger partial charge in [0.05, 0.1) is 5.41 Å². The maximum absolute atomic E-state index is 11.3. The number of aliphatic carboxylic acids is 1. The zero-order valence-electron chi connectivity index (χ0n) is 10.9. The van der Waals surface area contributed by atoms with Crippen molar-refractivity contribution in [2.75, 3.05) is 6.54 Å². The van der Waals surface area contributed by atoms with Gasteiger partial charge in [-0.15, -0.1) is 0 Å². The molecule has 17 heavy (non-hydrogen) atoms. The van der Waals surface area contributed by atoms with Crippen molar-refractivity contribution in [1.29, 1.82) is 0 Å². The second-order valence-corrected chi connectivity index (χ2v) is 6.02. The Labute approximate surface area is 102 Å². The van der Waals surface area contributed by atoms with Crippen molar-refractivity contribution in [3.8, 4) is 0 Å². The smallest absolute Gasteiger partial charge is 0.407 e. The van der Waals surface area contributed by atoms with Crippen LogP contribution in [0, 0.1) is 11.3 Å². The Morgan fingerprint density at radius 1 is 1.41 bits per heavy atom. The van der Waals surface area contributed by atoms with Gasteiger partial charge in [-0.05, 0) is 46.5 Å². The van der Waals surface area contributed by atoms with Crippen molar-refractivity contribution < 1.29 is 19.4 Å². The SMILES string of the molecule is CC(C)(C)OC(=O)NCC1CC(C)(C(=O)O)C1. The fraction of sp³-hybridized carbons (Fsp3) is 0.833. The molecule has 0 unspecified atom stereocenters. The summed E-state index contributed by atoms with van der Waals surface area (Å²) in [6.07, 6.45) is 0.775. The van der Waals surface area contributed by atoms with Crippen molar-refractivity contribution in [3.05, 3.63) is 0 Å². The van der Waals surface area contributed by atoms with Gasteiger partial charge in [-0.1, -0.05) is 0 Å². The second kappa shape index (κ2) is 4.55. The minimum Gasteiger partial charge on any atom is -0.481 e. The van der Waals surface area contributed by atoms with Crippen molar-refractivity contribution >= 4 is 12.1 Å². The number of rotatable bonds is 3. The molecule has 0 spiro atoms. The van der Waals surface area contributed by atoms with Gasteiger partial charge in [-0.3, -0.25) is 4.79 Å². The van der Waals surface area contributed by atoms with Gasteiger partial charge >= 0.3 is 12.1 Å². The van der Waals surface area contributed by atoms with E-state index in [0.717, 1.165) is 0 Å². The fourth-order valence-electron chi connectivity index (χ4n) is 2.08. The molecule has 0 aromatic carbocycles. The van der Waals surface area contributed by atoms with Gasteiger partial charge in [0.15, 0.2) is 0 Å². The predicted octanol–water partition coefficient (Wildman–Crippen LogP) is 2.01. The molecular weight excluding hydrogens is 222 g/mol. The quantitative estimate of drug-likeness (QED) is 0.795. The van der Waals surface area contributed by atoms with Crippen LogP contribution in [-0.2, 0) is 9.53 Å². The van der Waals surface area contributed by atoms with Crippen molar-refractivity contribution in [3.63, 3.8) is 0 Å². The van der Waals surface area contributed by atoms with E-state index in [1.807, 2.05) is 0 Å². The van der Waals surface area contributed by atoms with Crippen LogP contribution in [0.15, 0.2) is 0 Å². The molecule has 2 N–H and O–H groups in total. The third-order valence-electron chi connectivity index (χ3n) is 2.93. The number of carbonyl (C=O) groups excluding carboxylic acids is 1. The number of hydrogen-bond acceptors (Lipinski definition) is 3. The van der Waals surface area contributed by atoms with E-state index in [-0.39, 0.29) is 5.92 Å². The Bertz CT molecular complexity index is 313. The summed E-state index contributed by atoms with van der Waals surface area (Å²) in [6, 6.07) is 0. The lowest BCUT2D eigenvalue weighted by Crippen LogP contribution is -2.46. The van der Waals surface area contributed by atoms with E-state index >= 15 is 0 Å². The van der Waals surface area contributed by atoms with E-state index in [4.69, 9.17) is 9.84 Å². The standard InChI is InChI=1S/C12H21NO4/c1-11(2,3)17-10(16)13-7-8-5-12(4,6-8)9(14)15/h8H,5-7H2,1-4H3,(H,13,16)(H,14,15). The largest absolute Gasteiger partial charge is 0.481 e. The minimum absolute atomic E-state index is 0.239. The summed E-state index contributed by atoms with van der Waals surface area (Å²) >= 11 is 0. The van der Waals surface area contributed by atoms with Gasteiger partial charge < -0.3 is 15.2 Å². The number of carbonyl (C=O) groups is 2. The first-order valence-corrected chi connectivity index (χ1v) is 5.83. The molecule has 0 heterocycles. The molecule has 0 aromatic heterocycles. The molecule has 1 amide bonds. The lowest BCUT2D eigenvalue weighted by Gasteiger charge is -2.41. The van der Waals surface area contributed by atoms with E-state index in [1.165, 1.54) is 0 Å². The number of alkyl carbamates (subject to hydrolysis) is 1. The van der Waals surface area contributed by atoms with Crippen LogP contribution in [-0.4, -0.2) is 29.3 Å². The Balaban J connectivity index is 2.23. The monoisotopic (exact) mass is 243 g/mol. The van der Waals surface area contributed by atoms with Crippen LogP contribution < -0.4 is 5.32 Å².